The van der Waals surface area contributed by atoms with Crippen molar-refractivity contribution in [1.82, 2.24) is 0 Å². The van der Waals surface area contributed by atoms with Crippen LogP contribution in [0.5, 0.6) is 5.75 Å². The molecule has 1 heterocycles. The summed E-state index contributed by atoms with van der Waals surface area (Å²) < 4.78 is 17.6. The maximum Gasteiger partial charge on any atom is 0.262 e. The van der Waals surface area contributed by atoms with Gasteiger partial charge in [0.2, 0.25) is 0 Å². The molecule has 0 spiro atoms. The maximum absolute atomic E-state index is 12.6. The average molecular weight is 197 g/mol. The largest absolute Gasteiger partial charge is 0.481 e. The van der Waals surface area contributed by atoms with E-state index in [2.05, 4.69) is 5.32 Å². The first-order valence-corrected chi connectivity index (χ1v) is 4.48. The molecule has 0 radical (unpaired) electrons. The molecule has 1 aliphatic rings. The Kier molecular flexibility index (Phi) is 3.45. The van der Waals surface area contributed by atoms with Crippen molar-refractivity contribution in [3.8, 4) is 5.75 Å². The van der Waals surface area contributed by atoms with Gasteiger partial charge in [-0.2, -0.15) is 0 Å². The second kappa shape index (κ2) is 4.60. The Morgan fingerprint density at radius 3 is 2.86 bits per heavy atom. The van der Waals surface area contributed by atoms with E-state index in [9.17, 15) is 9.18 Å². The first-order valence-electron chi connectivity index (χ1n) is 4.48. The Balaban J connectivity index is 0.000000461. The summed E-state index contributed by atoms with van der Waals surface area (Å²) in [6.45, 7) is 3.95. The number of hydrogen-bond donors (Lipinski definition) is 1. The van der Waals surface area contributed by atoms with E-state index in [0.29, 0.717) is 11.4 Å². The summed E-state index contributed by atoms with van der Waals surface area (Å²) in [5.74, 6) is -0.200. The summed E-state index contributed by atoms with van der Waals surface area (Å²) in [6.07, 6.45) is 0. The average Bonchev–Trinajstić information content (AvgIpc) is 2.21. The van der Waals surface area contributed by atoms with Crippen LogP contribution in [0.25, 0.3) is 0 Å². The molecule has 0 unspecified atom stereocenters. The van der Waals surface area contributed by atoms with Crippen LogP contribution in [0.1, 0.15) is 13.8 Å². The highest BCUT2D eigenvalue weighted by Gasteiger charge is 2.15. The molecule has 3 nitrogen and oxygen atoms in total. The molecule has 0 atom stereocenters. The van der Waals surface area contributed by atoms with Crippen LogP contribution in [-0.2, 0) is 4.79 Å². The van der Waals surface area contributed by atoms with Crippen LogP contribution in [0.4, 0.5) is 10.1 Å². The van der Waals surface area contributed by atoms with E-state index in [0.717, 1.165) is 0 Å². The van der Waals surface area contributed by atoms with Gasteiger partial charge in [-0.15, -0.1) is 0 Å². The number of amides is 1. The van der Waals surface area contributed by atoms with Gasteiger partial charge in [0.05, 0.1) is 5.69 Å². The van der Waals surface area contributed by atoms with Crippen LogP contribution in [0, 0.1) is 5.82 Å². The SMILES string of the molecule is CC.O=C1COc2cc(F)ccc2N1. The van der Waals surface area contributed by atoms with Crippen molar-refractivity contribution in [1.29, 1.82) is 0 Å². The predicted octanol–water partition coefficient (Wildman–Crippen LogP) is 2.18. The minimum absolute atomic E-state index is 0.0452. The highest BCUT2D eigenvalue weighted by molar-refractivity contribution is 5.95. The second-order valence-electron chi connectivity index (χ2n) is 2.48. The molecule has 0 saturated heterocycles. The lowest BCUT2D eigenvalue weighted by atomic mass is 10.2. The van der Waals surface area contributed by atoms with E-state index in [-0.39, 0.29) is 18.3 Å². The van der Waals surface area contributed by atoms with Gasteiger partial charge in [0, 0.05) is 6.07 Å². The van der Waals surface area contributed by atoms with E-state index in [1.165, 1.54) is 18.2 Å². The zero-order chi connectivity index (χ0) is 10.6. The highest BCUT2D eigenvalue weighted by Crippen LogP contribution is 2.27. The number of hydrogen-bond acceptors (Lipinski definition) is 2. The van der Waals surface area contributed by atoms with Gasteiger partial charge in [0.15, 0.2) is 6.61 Å². The van der Waals surface area contributed by atoms with Gasteiger partial charge in [-0.25, -0.2) is 4.39 Å². The zero-order valence-electron chi connectivity index (χ0n) is 8.13. The molecule has 0 aliphatic carbocycles. The van der Waals surface area contributed by atoms with Crippen LogP contribution in [-0.4, -0.2) is 12.5 Å². The van der Waals surface area contributed by atoms with Crippen molar-refractivity contribution >= 4 is 11.6 Å². The van der Waals surface area contributed by atoms with Crippen LogP contribution < -0.4 is 10.1 Å². The lowest BCUT2D eigenvalue weighted by Crippen LogP contribution is -2.25. The van der Waals surface area contributed by atoms with Crippen molar-refractivity contribution < 1.29 is 13.9 Å². The molecule has 1 amide bonds. The minimum atomic E-state index is -0.370. The third-order valence-electron chi connectivity index (χ3n) is 1.58. The molecule has 0 bridgehead atoms. The van der Waals surface area contributed by atoms with Crippen LogP contribution in [0.3, 0.4) is 0 Å². The number of ether oxygens (including phenoxy) is 1. The van der Waals surface area contributed by atoms with E-state index < -0.39 is 0 Å². The second-order valence-corrected chi connectivity index (χ2v) is 2.48. The molecule has 2 rings (SSSR count). The molecule has 0 fully saturated rings. The Bertz CT molecular complexity index is 339. The van der Waals surface area contributed by atoms with Gasteiger partial charge in [-0.1, -0.05) is 13.8 Å². The van der Waals surface area contributed by atoms with Crippen molar-refractivity contribution in [3.05, 3.63) is 24.0 Å². The number of fused-ring (bicyclic) bond motifs is 1. The molecular weight excluding hydrogens is 185 g/mol. The van der Waals surface area contributed by atoms with Gasteiger partial charge < -0.3 is 10.1 Å². The Hall–Kier alpha value is -1.58. The lowest BCUT2D eigenvalue weighted by molar-refractivity contribution is -0.118. The monoisotopic (exact) mass is 197 g/mol. The molecule has 1 N–H and O–H groups in total. The van der Waals surface area contributed by atoms with Crippen LogP contribution in [0.15, 0.2) is 18.2 Å². The Labute approximate surface area is 81.9 Å². The number of anilines is 1. The van der Waals surface area contributed by atoms with E-state index in [1.807, 2.05) is 13.8 Å². The normalized spacial score (nSPS) is 12.9. The molecule has 1 aromatic rings. The standard InChI is InChI=1S/C8H6FNO2.C2H6/c9-5-1-2-6-7(3-5)12-4-8(11)10-6;1-2/h1-3H,4H2,(H,10,11);1-2H3. The molecule has 76 valence electrons. The summed E-state index contributed by atoms with van der Waals surface area (Å²) >= 11 is 0. The highest BCUT2D eigenvalue weighted by atomic mass is 19.1. The molecule has 1 aromatic carbocycles. The maximum atomic E-state index is 12.6. The molecule has 0 aromatic heterocycles. The molecule has 0 saturated carbocycles. The first kappa shape index (κ1) is 10.5. The molecular formula is C10H12FNO2. The molecule has 14 heavy (non-hydrogen) atoms. The van der Waals surface area contributed by atoms with Crippen molar-refractivity contribution in [2.24, 2.45) is 0 Å². The van der Waals surface area contributed by atoms with Gasteiger partial charge in [0.25, 0.3) is 5.91 Å². The number of carbonyl (C=O) groups is 1. The predicted molar refractivity (Wildman–Crippen MR) is 51.9 cm³/mol. The van der Waals surface area contributed by atoms with Gasteiger partial charge in [-0.05, 0) is 12.1 Å². The summed E-state index contributed by atoms with van der Waals surface area (Å²) in [4.78, 5) is 10.8. The third-order valence-corrected chi connectivity index (χ3v) is 1.58. The fourth-order valence-electron chi connectivity index (χ4n) is 1.05. The molecule has 4 heteroatoms. The lowest BCUT2D eigenvalue weighted by Gasteiger charge is -2.17. The van der Waals surface area contributed by atoms with Gasteiger partial charge >= 0.3 is 0 Å². The van der Waals surface area contributed by atoms with Gasteiger partial charge in [-0.3, -0.25) is 4.79 Å². The number of benzene rings is 1. The van der Waals surface area contributed by atoms with Crippen molar-refractivity contribution in [3.63, 3.8) is 0 Å². The smallest absolute Gasteiger partial charge is 0.262 e. The number of halogens is 1. The first-order chi connectivity index (χ1) is 6.75. The van der Waals surface area contributed by atoms with Crippen LogP contribution >= 0.6 is 0 Å². The van der Waals surface area contributed by atoms with E-state index in [1.54, 1.807) is 0 Å². The number of carbonyl (C=O) groups excluding carboxylic acids is 1. The summed E-state index contributed by atoms with van der Waals surface area (Å²) in [7, 11) is 0. The summed E-state index contributed by atoms with van der Waals surface area (Å²) in [5, 5.41) is 2.56. The van der Waals surface area contributed by atoms with Gasteiger partial charge in [0.1, 0.15) is 11.6 Å². The van der Waals surface area contributed by atoms with Crippen molar-refractivity contribution in [2.75, 3.05) is 11.9 Å². The van der Waals surface area contributed by atoms with E-state index in [4.69, 9.17) is 4.74 Å². The Morgan fingerprint density at radius 2 is 2.14 bits per heavy atom. The third kappa shape index (κ3) is 2.22. The number of nitrogens with one attached hydrogen (secondary N) is 1. The topological polar surface area (TPSA) is 38.3 Å². The fourth-order valence-corrected chi connectivity index (χ4v) is 1.05. The van der Waals surface area contributed by atoms with Crippen molar-refractivity contribution in [2.45, 2.75) is 13.8 Å². The summed E-state index contributed by atoms with van der Waals surface area (Å²) in [5.41, 5.74) is 0.521. The fraction of sp³-hybridized carbons (Fsp3) is 0.300. The Morgan fingerprint density at radius 1 is 1.43 bits per heavy atom. The zero-order valence-corrected chi connectivity index (χ0v) is 8.13. The summed E-state index contributed by atoms with van der Waals surface area (Å²) in [6, 6.07) is 3.99. The quantitative estimate of drug-likeness (QED) is 0.692. The van der Waals surface area contributed by atoms with E-state index >= 15 is 0 Å². The number of rotatable bonds is 0. The van der Waals surface area contributed by atoms with Crippen LogP contribution in [0.2, 0.25) is 0 Å². The molecule has 1 aliphatic heterocycles. The minimum Gasteiger partial charge on any atom is -0.481 e.